The minimum atomic E-state index is -4.29. The van der Waals surface area contributed by atoms with Gasteiger partial charge in [0, 0.05) is 43.3 Å². The van der Waals surface area contributed by atoms with Crippen LogP contribution in [0.3, 0.4) is 0 Å². The van der Waals surface area contributed by atoms with Gasteiger partial charge in [-0.1, -0.05) is 0 Å². The Balaban J connectivity index is 1.46. The lowest BCUT2D eigenvalue weighted by atomic mass is 10.1. The molecule has 14 heteroatoms. The zero-order chi connectivity index (χ0) is 29.3. The van der Waals surface area contributed by atoms with Crippen LogP contribution in [0.15, 0.2) is 64.4 Å². The summed E-state index contributed by atoms with van der Waals surface area (Å²) in [5.74, 6) is -3.14. The smallest absolute Gasteiger partial charge is 0.258 e. The van der Waals surface area contributed by atoms with Crippen molar-refractivity contribution in [2.45, 2.75) is 9.79 Å². The number of likely N-dealkylation sites (N-methyl/N-ethyl adjacent to an activating group) is 1. The lowest BCUT2D eigenvalue weighted by Gasteiger charge is -2.34. The van der Waals surface area contributed by atoms with Crippen molar-refractivity contribution in [3.8, 4) is 0 Å². The van der Waals surface area contributed by atoms with Crippen LogP contribution in [0, 0.1) is 11.6 Å². The van der Waals surface area contributed by atoms with Crippen LogP contribution in [0.5, 0.6) is 0 Å². The Labute approximate surface area is 234 Å². The van der Waals surface area contributed by atoms with Gasteiger partial charge in [-0.2, -0.15) is 5.10 Å². The number of sulfone groups is 1. The minimum absolute atomic E-state index is 0.0201. The second kappa shape index (κ2) is 11.2. The third kappa shape index (κ3) is 5.89. The summed E-state index contributed by atoms with van der Waals surface area (Å²) >= 11 is 0. The Morgan fingerprint density at radius 3 is 2.34 bits per heavy atom. The third-order valence-electron chi connectivity index (χ3n) is 6.80. The molecule has 0 bridgehead atoms. The molecule has 5 rings (SSSR count). The van der Waals surface area contributed by atoms with Gasteiger partial charge in [-0.25, -0.2) is 17.2 Å². The number of fused-ring (bicyclic) bond motifs is 1. The van der Waals surface area contributed by atoms with Gasteiger partial charge in [-0.05, 0) is 55.6 Å². The summed E-state index contributed by atoms with van der Waals surface area (Å²) in [7, 11) is -2.26. The largest absolute Gasteiger partial charge is 0.369 e. The highest BCUT2D eigenvalue weighted by Gasteiger charge is 2.23. The molecule has 41 heavy (non-hydrogen) atoms. The summed E-state index contributed by atoms with van der Waals surface area (Å²) in [6.45, 7) is 3.00. The molecule has 1 aliphatic rings. The third-order valence-corrected chi connectivity index (χ3v) is 8.53. The molecule has 214 valence electrons. The van der Waals surface area contributed by atoms with Crippen molar-refractivity contribution in [2.24, 2.45) is 5.73 Å². The second-order valence-corrected chi connectivity index (χ2v) is 11.6. The average molecular weight is 584 g/mol. The van der Waals surface area contributed by atoms with Crippen LogP contribution in [0.2, 0.25) is 0 Å². The van der Waals surface area contributed by atoms with Crippen molar-refractivity contribution in [1.82, 2.24) is 15.1 Å². The van der Waals surface area contributed by atoms with Gasteiger partial charge in [0.1, 0.15) is 11.6 Å². The highest BCUT2D eigenvalue weighted by atomic mass is 32.2. The van der Waals surface area contributed by atoms with Crippen molar-refractivity contribution in [2.75, 3.05) is 55.3 Å². The fourth-order valence-electron chi connectivity index (χ4n) is 4.55. The highest BCUT2D eigenvalue weighted by molar-refractivity contribution is 7.91. The second-order valence-electron chi connectivity index (χ2n) is 9.61. The molecule has 0 saturated carbocycles. The van der Waals surface area contributed by atoms with E-state index >= 15 is 0 Å². The van der Waals surface area contributed by atoms with E-state index in [1.165, 1.54) is 18.2 Å². The number of rotatable bonds is 7. The average Bonchev–Trinajstić information content (AvgIpc) is 3.34. The number of nitrogens with one attached hydrogen (secondary N) is 3. The normalized spacial score (nSPS) is 14.3. The fraction of sp³-hybridized carbons (Fsp3) is 0.222. The summed E-state index contributed by atoms with van der Waals surface area (Å²) in [5, 5.41) is 12.4. The van der Waals surface area contributed by atoms with Gasteiger partial charge in [-0.3, -0.25) is 14.7 Å². The van der Waals surface area contributed by atoms with Crippen molar-refractivity contribution >= 4 is 49.7 Å². The monoisotopic (exact) mass is 583 g/mol. The van der Waals surface area contributed by atoms with Crippen molar-refractivity contribution in [1.29, 1.82) is 0 Å². The molecule has 2 amide bonds. The first-order valence-corrected chi connectivity index (χ1v) is 14.1. The SMILES string of the molecule is CN1CCN(c2ccc(C(=O)Nc3n[nH]c4ccc(S(=O)(=O)c5cc(F)cc(F)c5)cc34)c(NC(=O)CN)c2)CC1. The minimum Gasteiger partial charge on any atom is -0.369 e. The molecule has 11 nitrogen and oxygen atoms in total. The van der Waals surface area contributed by atoms with E-state index in [1.807, 2.05) is 7.05 Å². The first kappa shape index (κ1) is 28.1. The number of anilines is 3. The van der Waals surface area contributed by atoms with Crippen LogP contribution in [0.1, 0.15) is 10.4 Å². The molecule has 1 aliphatic heterocycles. The highest BCUT2D eigenvalue weighted by Crippen LogP contribution is 2.30. The van der Waals surface area contributed by atoms with E-state index in [0.717, 1.165) is 44.0 Å². The maximum atomic E-state index is 13.7. The molecule has 1 fully saturated rings. The van der Waals surface area contributed by atoms with E-state index in [2.05, 4.69) is 30.6 Å². The lowest BCUT2D eigenvalue weighted by molar-refractivity contribution is -0.114. The molecule has 0 spiro atoms. The van der Waals surface area contributed by atoms with Gasteiger partial charge in [-0.15, -0.1) is 0 Å². The topological polar surface area (TPSA) is 154 Å². The predicted molar refractivity (Wildman–Crippen MR) is 150 cm³/mol. The maximum Gasteiger partial charge on any atom is 0.258 e. The summed E-state index contributed by atoms with van der Waals surface area (Å²) in [5.41, 5.74) is 7.12. The molecule has 0 radical (unpaired) electrons. The number of carbonyl (C=O) groups excluding carboxylic acids is 2. The fourth-order valence-corrected chi connectivity index (χ4v) is 5.87. The molecule has 0 atom stereocenters. The van der Waals surface area contributed by atoms with Gasteiger partial charge in [0.25, 0.3) is 5.91 Å². The van der Waals surface area contributed by atoms with Crippen LogP contribution in [0.25, 0.3) is 10.9 Å². The lowest BCUT2D eigenvalue weighted by Crippen LogP contribution is -2.44. The van der Waals surface area contributed by atoms with Crippen molar-refractivity contribution in [3.63, 3.8) is 0 Å². The maximum absolute atomic E-state index is 13.7. The molecular weight excluding hydrogens is 556 g/mol. The number of benzene rings is 3. The molecule has 1 saturated heterocycles. The first-order chi connectivity index (χ1) is 19.5. The number of carbonyl (C=O) groups is 2. The molecule has 0 unspecified atom stereocenters. The number of aromatic nitrogens is 2. The quantitative estimate of drug-likeness (QED) is 0.259. The Morgan fingerprint density at radius 1 is 0.951 bits per heavy atom. The summed E-state index contributed by atoms with van der Waals surface area (Å²) < 4.78 is 53.7. The number of nitrogens with two attached hydrogens (primary N) is 1. The zero-order valence-electron chi connectivity index (χ0n) is 21.9. The number of amides is 2. The number of nitrogens with zero attached hydrogens (tertiary/aromatic N) is 3. The van der Waals surface area contributed by atoms with E-state index in [-0.39, 0.29) is 33.9 Å². The van der Waals surface area contributed by atoms with Gasteiger partial charge in [0.05, 0.1) is 33.1 Å². The van der Waals surface area contributed by atoms with Crippen LogP contribution >= 0.6 is 0 Å². The van der Waals surface area contributed by atoms with Crippen LogP contribution in [0.4, 0.5) is 26.0 Å². The van der Waals surface area contributed by atoms with Crippen molar-refractivity contribution < 1.29 is 26.8 Å². The van der Waals surface area contributed by atoms with Crippen LogP contribution < -0.4 is 21.3 Å². The van der Waals surface area contributed by atoms with E-state index in [9.17, 15) is 26.8 Å². The van der Waals surface area contributed by atoms with E-state index in [4.69, 9.17) is 5.73 Å². The Bertz CT molecular complexity index is 1730. The molecule has 5 N–H and O–H groups in total. The molecule has 0 aliphatic carbocycles. The number of halogens is 2. The zero-order valence-corrected chi connectivity index (χ0v) is 22.8. The van der Waals surface area contributed by atoms with E-state index < -0.39 is 38.2 Å². The molecule has 2 heterocycles. The Hall–Kier alpha value is -4.40. The number of piperazine rings is 1. The number of aromatic amines is 1. The van der Waals surface area contributed by atoms with Crippen molar-refractivity contribution in [3.05, 3.63) is 71.8 Å². The first-order valence-electron chi connectivity index (χ1n) is 12.6. The van der Waals surface area contributed by atoms with Gasteiger partial charge in [0.15, 0.2) is 5.82 Å². The van der Waals surface area contributed by atoms with Crippen LogP contribution in [-0.4, -0.2) is 75.1 Å². The van der Waals surface area contributed by atoms with E-state index in [1.54, 1.807) is 18.2 Å². The van der Waals surface area contributed by atoms with Gasteiger partial charge < -0.3 is 26.2 Å². The van der Waals surface area contributed by atoms with Crippen LogP contribution in [-0.2, 0) is 14.6 Å². The standard InChI is InChI=1S/C27H27F2N7O4S/c1-35-6-8-36(9-7-35)18-2-4-21(24(13-18)31-25(37)15-30)27(38)32-26-22-14-19(3-5-23(22)33-34-26)41(39,40)20-11-16(28)10-17(29)12-20/h2-5,10-14H,6-9,15,30H2,1H3,(H,31,37)(H2,32,33,34,38). The molecule has 3 aromatic carbocycles. The summed E-state index contributed by atoms with van der Waals surface area (Å²) in [6, 6.07) is 11.0. The van der Waals surface area contributed by atoms with Gasteiger partial charge >= 0.3 is 0 Å². The molecular formula is C27H27F2N7O4S. The molecule has 1 aromatic heterocycles. The number of H-pyrrole nitrogens is 1. The summed E-state index contributed by atoms with van der Waals surface area (Å²) in [4.78, 5) is 29.1. The summed E-state index contributed by atoms with van der Waals surface area (Å²) in [6.07, 6.45) is 0. The van der Waals surface area contributed by atoms with Gasteiger partial charge in [0.2, 0.25) is 15.7 Å². The number of hydrogen-bond donors (Lipinski definition) is 4. The predicted octanol–water partition coefficient (Wildman–Crippen LogP) is 2.58. The number of hydrogen-bond acceptors (Lipinski definition) is 8. The molecule has 4 aromatic rings. The Morgan fingerprint density at radius 2 is 1.66 bits per heavy atom. The van der Waals surface area contributed by atoms with E-state index in [0.29, 0.717) is 11.6 Å². The Kier molecular flexibility index (Phi) is 7.71.